The van der Waals surface area contributed by atoms with Gasteiger partial charge in [0.1, 0.15) is 0 Å². The normalized spacial score (nSPS) is 10.1. The zero-order valence-electron chi connectivity index (χ0n) is 11.1. The van der Waals surface area contributed by atoms with Gasteiger partial charge in [-0.2, -0.15) is 5.10 Å². The average molecular weight is 290 g/mol. The van der Waals surface area contributed by atoms with Crippen LogP contribution in [0.5, 0.6) is 0 Å². The van der Waals surface area contributed by atoms with Crippen LogP contribution in [0, 0.1) is 0 Å². The Morgan fingerprint density at radius 1 is 1.20 bits per heavy atom. The Balaban J connectivity index is 2.38. The van der Waals surface area contributed by atoms with Crippen LogP contribution in [0.2, 0.25) is 0 Å². The van der Waals surface area contributed by atoms with Gasteiger partial charge in [0, 0.05) is 7.05 Å². The average Bonchev–Trinajstić information content (AvgIpc) is 2.89. The predicted molar refractivity (Wildman–Crippen MR) is 78.0 cm³/mol. The van der Waals surface area contributed by atoms with Crippen molar-refractivity contribution in [2.24, 2.45) is 0 Å². The van der Waals surface area contributed by atoms with Crippen LogP contribution < -0.4 is 10.6 Å². The van der Waals surface area contributed by atoms with Crippen LogP contribution in [-0.2, 0) is 9.59 Å². The van der Waals surface area contributed by atoms with E-state index in [9.17, 15) is 9.59 Å². The molecule has 2 amide bonds. The second kappa shape index (κ2) is 6.25. The molecular weight excluding hydrogens is 276 g/mol. The van der Waals surface area contributed by atoms with E-state index in [4.69, 9.17) is 0 Å². The van der Waals surface area contributed by atoms with Crippen LogP contribution in [0.25, 0.3) is 5.69 Å². The summed E-state index contributed by atoms with van der Waals surface area (Å²) in [6, 6.07) is 9.38. The Hall–Kier alpha value is -2.28. The summed E-state index contributed by atoms with van der Waals surface area (Å²) in [5.41, 5.74) is 0.806. The van der Waals surface area contributed by atoms with Gasteiger partial charge in [0.25, 0.3) is 0 Å². The number of carbonyl (C=O) groups excluding carboxylic acids is 2. The SMILES string of the molecule is CNC(=O)C(=O)Nc1c(SC)cnn1-c1ccccc1. The summed E-state index contributed by atoms with van der Waals surface area (Å²) in [6.45, 7) is 0. The first kappa shape index (κ1) is 14.1. The third-order valence-corrected chi connectivity index (χ3v) is 3.36. The number of nitrogens with zero attached hydrogens (tertiary/aromatic N) is 2. The van der Waals surface area contributed by atoms with E-state index in [1.807, 2.05) is 36.6 Å². The molecule has 6 nitrogen and oxygen atoms in total. The number of aromatic nitrogens is 2. The fourth-order valence-corrected chi connectivity index (χ4v) is 2.12. The first-order chi connectivity index (χ1) is 9.67. The molecule has 20 heavy (non-hydrogen) atoms. The number of rotatable bonds is 3. The summed E-state index contributed by atoms with van der Waals surface area (Å²) in [6.07, 6.45) is 3.53. The van der Waals surface area contributed by atoms with E-state index in [1.54, 1.807) is 10.9 Å². The lowest BCUT2D eigenvalue weighted by Crippen LogP contribution is -2.33. The van der Waals surface area contributed by atoms with Crippen LogP contribution in [0.1, 0.15) is 0 Å². The van der Waals surface area contributed by atoms with Crippen molar-refractivity contribution in [3.8, 4) is 5.69 Å². The summed E-state index contributed by atoms with van der Waals surface area (Å²) in [5.74, 6) is -0.935. The van der Waals surface area contributed by atoms with Gasteiger partial charge in [-0.3, -0.25) is 9.59 Å². The highest BCUT2D eigenvalue weighted by atomic mass is 32.2. The zero-order valence-corrected chi connectivity index (χ0v) is 11.9. The van der Waals surface area contributed by atoms with Crippen LogP contribution >= 0.6 is 11.8 Å². The number of carbonyl (C=O) groups is 2. The number of hydrogen-bond donors (Lipinski definition) is 2. The molecule has 0 bridgehead atoms. The van der Waals surface area contributed by atoms with Crippen molar-refractivity contribution in [1.29, 1.82) is 0 Å². The minimum Gasteiger partial charge on any atom is -0.351 e. The van der Waals surface area contributed by atoms with E-state index in [1.165, 1.54) is 18.8 Å². The van der Waals surface area contributed by atoms with Gasteiger partial charge in [0.2, 0.25) is 0 Å². The molecule has 0 atom stereocenters. The van der Waals surface area contributed by atoms with E-state index in [0.717, 1.165) is 10.6 Å². The lowest BCUT2D eigenvalue weighted by molar-refractivity contribution is -0.135. The van der Waals surface area contributed by atoms with Crippen molar-refractivity contribution < 1.29 is 9.59 Å². The number of benzene rings is 1. The maximum atomic E-state index is 11.7. The van der Waals surface area contributed by atoms with Crippen LogP contribution in [0.3, 0.4) is 0 Å². The Labute approximate surface area is 120 Å². The molecule has 1 heterocycles. The molecular formula is C13H14N4O2S. The van der Waals surface area contributed by atoms with Gasteiger partial charge in [-0.15, -0.1) is 11.8 Å². The molecule has 0 fully saturated rings. The quantitative estimate of drug-likeness (QED) is 0.659. The van der Waals surface area contributed by atoms with Crippen LogP contribution in [0.15, 0.2) is 41.4 Å². The molecule has 0 aliphatic rings. The van der Waals surface area contributed by atoms with Gasteiger partial charge in [0.15, 0.2) is 5.82 Å². The highest BCUT2D eigenvalue weighted by Gasteiger charge is 2.18. The maximum absolute atomic E-state index is 11.7. The number of likely N-dealkylation sites (N-methyl/N-ethyl adjacent to an activating group) is 1. The number of nitrogens with one attached hydrogen (secondary N) is 2. The molecule has 0 unspecified atom stereocenters. The van der Waals surface area contributed by atoms with Crippen LogP contribution in [-0.4, -0.2) is 34.9 Å². The maximum Gasteiger partial charge on any atom is 0.314 e. The van der Waals surface area contributed by atoms with Crippen molar-refractivity contribution in [2.45, 2.75) is 4.90 Å². The Morgan fingerprint density at radius 2 is 1.90 bits per heavy atom. The molecule has 2 aromatic rings. The minimum absolute atomic E-state index is 0.484. The summed E-state index contributed by atoms with van der Waals surface area (Å²) < 4.78 is 1.59. The van der Waals surface area contributed by atoms with Gasteiger partial charge >= 0.3 is 11.8 Å². The Morgan fingerprint density at radius 3 is 2.50 bits per heavy atom. The van der Waals surface area contributed by atoms with E-state index in [-0.39, 0.29) is 0 Å². The standard InChI is InChI=1S/C13H14N4O2S/c1-14-12(18)13(19)16-11-10(20-2)8-15-17(11)9-6-4-3-5-7-9/h3-8H,1-2H3,(H,14,18)(H,16,19). The molecule has 0 spiro atoms. The second-order valence-electron chi connectivity index (χ2n) is 3.84. The largest absolute Gasteiger partial charge is 0.351 e. The molecule has 7 heteroatoms. The number of para-hydroxylation sites is 1. The fourth-order valence-electron chi connectivity index (χ4n) is 1.64. The zero-order chi connectivity index (χ0) is 14.5. The van der Waals surface area contributed by atoms with Gasteiger partial charge in [-0.05, 0) is 18.4 Å². The van der Waals surface area contributed by atoms with E-state index in [0.29, 0.717) is 5.82 Å². The molecule has 0 saturated carbocycles. The monoisotopic (exact) mass is 290 g/mol. The molecule has 2 N–H and O–H groups in total. The van der Waals surface area contributed by atoms with E-state index in [2.05, 4.69) is 15.7 Å². The van der Waals surface area contributed by atoms with E-state index < -0.39 is 11.8 Å². The third kappa shape index (κ3) is 2.83. The third-order valence-electron chi connectivity index (χ3n) is 2.62. The predicted octanol–water partition coefficient (Wildman–Crippen LogP) is 1.28. The summed E-state index contributed by atoms with van der Waals surface area (Å²) in [5, 5.41) is 9.12. The van der Waals surface area contributed by atoms with Crippen molar-refractivity contribution in [2.75, 3.05) is 18.6 Å². The number of anilines is 1. The number of amides is 2. The van der Waals surface area contributed by atoms with Crippen molar-refractivity contribution in [1.82, 2.24) is 15.1 Å². The smallest absolute Gasteiger partial charge is 0.314 e. The Kier molecular flexibility index (Phi) is 4.41. The molecule has 0 aliphatic heterocycles. The first-order valence-electron chi connectivity index (χ1n) is 5.88. The van der Waals surface area contributed by atoms with Crippen molar-refractivity contribution >= 4 is 29.4 Å². The van der Waals surface area contributed by atoms with E-state index >= 15 is 0 Å². The first-order valence-corrected chi connectivity index (χ1v) is 7.10. The van der Waals surface area contributed by atoms with Gasteiger partial charge in [-0.1, -0.05) is 18.2 Å². The lowest BCUT2D eigenvalue weighted by atomic mass is 10.3. The molecule has 1 aromatic heterocycles. The van der Waals surface area contributed by atoms with Crippen molar-refractivity contribution in [3.63, 3.8) is 0 Å². The van der Waals surface area contributed by atoms with Crippen molar-refractivity contribution in [3.05, 3.63) is 36.5 Å². The topological polar surface area (TPSA) is 76.0 Å². The molecule has 1 aromatic carbocycles. The molecule has 104 valence electrons. The number of hydrogen-bond acceptors (Lipinski definition) is 4. The molecule has 2 rings (SSSR count). The summed E-state index contributed by atoms with van der Waals surface area (Å²) in [4.78, 5) is 23.8. The van der Waals surface area contributed by atoms with Gasteiger partial charge < -0.3 is 10.6 Å². The summed E-state index contributed by atoms with van der Waals surface area (Å²) >= 11 is 1.44. The lowest BCUT2D eigenvalue weighted by Gasteiger charge is -2.09. The second-order valence-corrected chi connectivity index (χ2v) is 4.69. The highest BCUT2D eigenvalue weighted by Crippen LogP contribution is 2.27. The van der Waals surface area contributed by atoms with Crippen LogP contribution in [0.4, 0.5) is 5.82 Å². The number of thioether (sulfide) groups is 1. The molecule has 0 saturated heterocycles. The Bertz CT molecular complexity index is 625. The fraction of sp³-hybridized carbons (Fsp3) is 0.154. The minimum atomic E-state index is -0.722. The molecule has 0 radical (unpaired) electrons. The van der Waals surface area contributed by atoms with Gasteiger partial charge in [0.05, 0.1) is 16.8 Å². The highest BCUT2D eigenvalue weighted by molar-refractivity contribution is 7.98. The van der Waals surface area contributed by atoms with Gasteiger partial charge in [-0.25, -0.2) is 4.68 Å². The summed E-state index contributed by atoms with van der Waals surface area (Å²) in [7, 11) is 1.41. The molecule has 0 aliphatic carbocycles.